The lowest BCUT2D eigenvalue weighted by atomic mass is 10.0. The first-order valence-electron chi connectivity index (χ1n) is 7.04. The number of hydrogen-bond donors (Lipinski definition) is 2. The van der Waals surface area contributed by atoms with Gasteiger partial charge in [0, 0.05) is 18.0 Å². The molecule has 5 nitrogen and oxygen atoms in total. The Labute approximate surface area is 123 Å². The van der Waals surface area contributed by atoms with Crippen LogP contribution in [-0.2, 0) is 9.84 Å². The first-order chi connectivity index (χ1) is 9.97. The minimum Gasteiger partial charge on any atom is -0.478 e. The predicted octanol–water partition coefficient (Wildman–Crippen LogP) is 2.05. The summed E-state index contributed by atoms with van der Waals surface area (Å²) in [4.78, 5) is 11.1. The average molecular weight is 307 g/mol. The van der Waals surface area contributed by atoms with E-state index in [1.807, 2.05) is 0 Å². The second-order valence-corrected chi connectivity index (χ2v) is 7.33. The van der Waals surface area contributed by atoms with Gasteiger partial charge >= 0.3 is 5.97 Å². The van der Waals surface area contributed by atoms with E-state index in [9.17, 15) is 13.2 Å². The second-order valence-electron chi connectivity index (χ2n) is 5.57. The molecule has 0 atom stereocenters. The van der Waals surface area contributed by atoms with Gasteiger partial charge in [-0.1, -0.05) is 18.9 Å². The van der Waals surface area contributed by atoms with Gasteiger partial charge in [-0.3, -0.25) is 0 Å². The Hall–Kier alpha value is -1.66. The van der Waals surface area contributed by atoms with Crippen LogP contribution in [0.5, 0.6) is 0 Å². The van der Waals surface area contributed by atoms with Gasteiger partial charge in [-0.2, -0.15) is 0 Å². The molecule has 0 amide bonds. The van der Waals surface area contributed by atoms with Gasteiger partial charge in [-0.05, 0) is 36.1 Å². The van der Waals surface area contributed by atoms with Crippen molar-refractivity contribution in [2.24, 2.45) is 0 Å². The van der Waals surface area contributed by atoms with Gasteiger partial charge in [0.05, 0.1) is 10.5 Å². The summed E-state index contributed by atoms with van der Waals surface area (Å²) < 4.78 is 24.3. The molecule has 6 heteroatoms. The topological polar surface area (TPSA) is 83.5 Å². The Kier molecular flexibility index (Phi) is 3.59. The summed E-state index contributed by atoms with van der Waals surface area (Å²) in [5, 5.41) is 13.6. The van der Waals surface area contributed by atoms with Crippen LogP contribution in [0.3, 0.4) is 0 Å². The standard InChI is InChI=1S/C15H17NO4S/c17-15(18)10-5-6-13-11(8-16-12-3-1-2-4-12)9-21(19,20)14(13)7-10/h5-7,9,12,16H,1-4,8H2,(H,17,18). The number of hydrogen-bond acceptors (Lipinski definition) is 4. The van der Waals surface area contributed by atoms with Crippen molar-refractivity contribution in [3.05, 3.63) is 34.7 Å². The number of benzene rings is 1. The molecule has 2 N–H and O–H groups in total. The van der Waals surface area contributed by atoms with E-state index >= 15 is 0 Å². The molecule has 1 aliphatic carbocycles. The number of aromatic carboxylic acids is 1. The number of nitrogens with one attached hydrogen (secondary N) is 1. The molecule has 1 aliphatic heterocycles. The summed E-state index contributed by atoms with van der Waals surface area (Å²) in [5.41, 5.74) is 1.33. The van der Waals surface area contributed by atoms with E-state index < -0.39 is 15.8 Å². The molecular weight excluding hydrogens is 290 g/mol. The maximum atomic E-state index is 12.1. The lowest BCUT2D eigenvalue weighted by Gasteiger charge is -2.12. The number of rotatable bonds is 4. The van der Waals surface area contributed by atoms with Crippen LogP contribution in [0.2, 0.25) is 0 Å². The summed E-state index contributed by atoms with van der Waals surface area (Å²) in [6.45, 7) is 0.503. The molecule has 112 valence electrons. The van der Waals surface area contributed by atoms with Crippen molar-refractivity contribution in [2.75, 3.05) is 6.54 Å². The molecule has 1 heterocycles. The SMILES string of the molecule is O=C(O)c1ccc2c(c1)S(=O)(=O)C=C2CNC1CCCC1. The summed E-state index contributed by atoms with van der Waals surface area (Å²) in [6, 6.07) is 4.74. The Morgan fingerprint density at radius 3 is 2.67 bits per heavy atom. The molecule has 0 saturated heterocycles. The van der Waals surface area contributed by atoms with Crippen LogP contribution in [0, 0.1) is 0 Å². The number of fused-ring (bicyclic) bond motifs is 1. The highest BCUT2D eigenvalue weighted by Crippen LogP contribution is 2.34. The van der Waals surface area contributed by atoms with Gasteiger partial charge in [0.2, 0.25) is 9.84 Å². The van der Waals surface area contributed by atoms with E-state index in [2.05, 4.69) is 5.32 Å². The molecule has 1 aromatic carbocycles. The second kappa shape index (κ2) is 5.27. The third-order valence-electron chi connectivity index (χ3n) is 4.11. The van der Waals surface area contributed by atoms with Crippen LogP contribution in [0.1, 0.15) is 41.6 Å². The van der Waals surface area contributed by atoms with Crippen molar-refractivity contribution in [1.29, 1.82) is 0 Å². The van der Waals surface area contributed by atoms with E-state index in [1.165, 1.54) is 30.4 Å². The smallest absolute Gasteiger partial charge is 0.335 e. The Morgan fingerprint density at radius 1 is 1.29 bits per heavy atom. The van der Waals surface area contributed by atoms with E-state index in [4.69, 9.17) is 5.11 Å². The van der Waals surface area contributed by atoms with Crippen molar-refractivity contribution >= 4 is 21.4 Å². The molecule has 0 spiro atoms. The lowest BCUT2D eigenvalue weighted by Crippen LogP contribution is -2.27. The Morgan fingerprint density at radius 2 is 2.00 bits per heavy atom. The normalized spacial score (nSPS) is 20.3. The van der Waals surface area contributed by atoms with Crippen molar-refractivity contribution in [3.8, 4) is 0 Å². The highest BCUT2D eigenvalue weighted by molar-refractivity contribution is 7.95. The van der Waals surface area contributed by atoms with Crippen LogP contribution in [-0.4, -0.2) is 32.1 Å². The number of carbonyl (C=O) groups is 1. The first kappa shape index (κ1) is 14.3. The fourth-order valence-corrected chi connectivity index (χ4v) is 4.50. The Balaban J connectivity index is 1.86. The number of carboxylic acid groups (broad SMARTS) is 1. The fraction of sp³-hybridized carbons (Fsp3) is 0.400. The van der Waals surface area contributed by atoms with E-state index in [0.717, 1.165) is 12.8 Å². The fourth-order valence-electron chi connectivity index (χ4n) is 2.99. The van der Waals surface area contributed by atoms with Gasteiger partial charge < -0.3 is 10.4 Å². The molecule has 1 fully saturated rings. The summed E-state index contributed by atoms with van der Waals surface area (Å²) in [5.74, 6) is -1.12. The van der Waals surface area contributed by atoms with Crippen molar-refractivity contribution in [2.45, 2.75) is 36.6 Å². The monoisotopic (exact) mass is 307 g/mol. The molecule has 0 aromatic heterocycles. The quantitative estimate of drug-likeness (QED) is 0.889. The van der Waals surface area contributed by atoms with Crippen molar-refractivity contribution in [1.82, 2.24) is 5.32 Å². The van der Waals surface area contributed by atoms with Gasteiger partial charge in [0.1, 0.15) is 0 Å². The largest absolute Gasteiger partial charge is 0.478 e. The predicted molar refractivity (Wildman–Crippen MR) is 78.8 cm³/mol. The molecule has 3 rings (SSSR count). The molecule has 0 radical (unpaired) electrons. The molecular formula is C15H17NO4S. The maximum absolute atomic E-state index is 12.1. The van der Waals surface area contributed by atoms with Crippen molar-refractivity contribution < 1.29 is 18.3 Å². The zero-order valence-corrected chi connectivity index (χ0v) is 12.3. The lowest BCUT2D eigenvalue weighted by molar-refractivity contribution is 0.0696. The number of sulfone groups is 1. The Bertz CT molecular complexity index is 715. The highest BCUT2D eigenvalue weighted by atomic mass is 32.2. The van der Waals surface area contributed by atoms with Crippen LogP contribution in [0.25, 0.3) is 5.57 Å². The van der Waals surface area contributed by atoms with Gasteiger partial charge in [-0.15, -0.1) is 0 Å². The zero-order valence-electron chi connectivity index (χ0n) is 11.5. The molecule has 2 aliphatic rings. The molecule has 1 saturated carbocycles. The summed E-state index contributed by atoms with van der Waals surface area (Å²) in [7, 11) is -3.52. The molecule has 21 heavy (non-hydrogen) atoms. The van der Waals surface area contributed by atoms with Crippen LogP contribution in [0.15, 0.2) is 28.5 Å². The van der Waals surface area contributed by atoms with E-state index in [0.29, 0.717) is 23.7 Å². The molecule has 0 unspecified atom stereocenters. The zero-order chi connectivity index (χ0) is 15.0. The van der Waals surface area contributed by atoms with Crippen LogP contribution < -0.4 is 5.32 Å². The summed E-state index contributed by atoms with van der Waals surface area (Å²) >= 11 is 0. The van der Waals surface area contributed by atoms with Gasteiger partial charge in [-0.25, -0.2) is 13.2 Å². The third-order valence-corrected chi connectivity index (χ3v) is 5.66. The number of carboxylic acids is 1. The summed E-state index contributed by atoms with van der Waals surface area (Å²) in [6.07, 6.45) is 4.69. The van der Waals surface area contributed by atoms with E-state index in [-0.39, 0.29) is 10.5 Å². The minimum absolute atomic E-state index is 0.00396. The first-order valence-corrected chi connectivity index (χ1v) is 8.59. The van der Waals surface area contributed by atoms with E-state index in [1.54, 1.807) is 6.07 Å². The van der Waals surface area contributed by atoms with Crippen LogP contribution in [0.4, 0.5) is 0 Å². The molecule has 1 aromatic rings. The maximum Gasteiger partial charge on any atom is 0.335 e. The van der Waals surface area contributed by atoms with Crippen LogP contribution >= 0.6 is 0 Å². The van der Waals surface area contributed by atoms with Gasteiger partial charge in [0.15, 0.2) is 0 Å². The highest BCUT2D eigenvalue weighted by Gasteiger charge is 2.28. The third kappa shape index (κ3) is 2.73. The van der Waals surface area contributed by atoms with Crippen molar-refractivity contribution in [3.63, 3.8) is 0 Å². The van der Waals surface area contributed by atoms with Gasteiger partial charge in [0.25, 0.3) is 0 Å². The molecule has 0 bridgehead atoms. The average Bonchev–Trinajstić information content (AvgIpc) is 3.03. The minimum atomic E-state index is -3.52.